The van der Waals surface area contributed by atoms with Gasteiger partial charge in [0.15, 0.2) is 0 Å². The first-order chi connectivity index (χ1) is 8.25. The fourth-order valence-corrected chi connectivity index (χ4v) is 2.01. The van der Waals surface area contributed by atoms with Gasteiger partial charge < -0.3 is 10.1 Å². The molecular formula is C13H16ClNO2. The highest BCUT2D eigenvalue weighted by Crippen LogP contribution is 2.12. The summed E-state index contributed by atoms with van der Waals surface area (Å²) in [5, 5.41) is 3.86. The van der Waals surface area contributed by atoms with Gasteiger partial charge in [0.2, 0.25) is 0 Å². The standard InChI is InChI=1S/C13H16ClNO2/c14-11-6-4-10(5-7-11)9-17-13(16)12-3-1-2-8-15-12/h4-7,12,15H,1-3,8-9H2/t12-/m0/s1. The fourth-order valence-electron chi connectivity index (χ4n) is 1.89. The predicted octanol–water partition coefficient (Wildman–Crippen LogP) is 2.53. The molecule has 0 amide bonds. The Labute approximate surface area is 106 Å². The average molecular weight is 254 g/mol. The van der Waals surface area contributed by atoms with Crippen molar-refractivity contribution in [3.8, 4) is 0 Å². The van der Waals surface area contributed by atoms with E-state index in [1.807, 2.05) is 12.1 Å². The second kappa shape index (κ2) is 6.03. The van der Waals surface area contributed by atoms with E-state index in [1.165, 1.54) is 0 Å². The van der Waals surface area contributed by atoms with Gasteiger partial charge in [-0.2, -0.15) is 0 Å². The minimum atomic E-state index is -0.153. The fraction of sp³-hybridized carbons (Fsp3) is 0.462. The first kappa shape index (κ1) is 12.4. The highest BCUT2D eigenvalue weighted by Gasteiger charge is 2.21. The van der Waals surface area contributed by atoms with Crippen LogP contribution in [0.5, 0.6) is 0 Å². The van der Waals surface area contributed by atoms with Crippen LogP contribution in [0.3, 0.4) is 0 Å². The molecule has 0 radical (unpaired) electrons. The van der Waals surface area contributed by atoms with Crippen molar-refractivity contribution in [2.45, 2.75) is 31.9 Å². The summed E-state index contributed by atoms with van der Waals surface area (Å²) in [7, 11) is 0. The summed E-state index contributed by atoms with van der Waals surface area (Å²) >= 11 is 5.78. The van der Waals surface area contributed by atoms with Gasteiger partial charge in [0, 0.05) is 5.02 Å². The van der Waals surface area contributed by atoms with Crippen LogP contribution in [-0.2, 0) is 16.1 Å². The summed E-state index contributed by atoms with van der Waals surface area (Å²) in [6, 6.07) is 7.19. The molecule has 0 bridgehead atoms. The Morgan fingerprint density at radius 1 is 1.35 bits per heavy atom. The molecule has 0 aromatic heterocycles. The Morgan fingerprint density at radius 2 is 2.12 bits per heavy atom. The van der Waals surface area contributed by atoms with E-state index in [0.29, 0.717) is 11.6 Å². The molecule has 17 heavy (non-hydrogen) atoms. The van der Waals surface area contributed by atoms with E-state index in [2.05, 4.69) is 5.32 Å². The summed E-state index contributed by atoms with van der Waals surface area (Å²) < 4.78 is 5.26. The van der Waals surface area contributed by atoms with Gasteiger partial charge in [0.1, 0.15) is 12.6 Å². The molecule has 1 N–H and O–H groups in total. The van der Waals surface area contributed by atoms with Crippen LogP contribution in [0.1, 0.15) is 24.8 Å². The molecule has 1 fully saturated rings. The summed E-state index contributed by atoms with van der Waals surface area (Å²) in [6.07, 6.45) is 3.11. The number of hydrogen-bond donors (Lipinski definition) is 1. The van der Waals surface area contributed by atoms with Crippen molar-refractivity contribution >= 4 is 17.6 Å². The van der Waals surface area contributed by atoms with Crippen LogP contribution in [0.15, 0.2) is 24.3 Å². The van der Waals surface area contributed by atoms with Gasteiger partial charge in [-0.3, -0.25) is 4.79 Å². The molecule has 0 unspecified atom stereocenters. The van der Waals surface area contributed by atoms with E-state index in [4.69, 9.17) is 16.3 Å². The van der Waals surface area contributed by atoms with Gasteiger partial charge in [-0.15, -0.1) is 0 Å². The van der Waals surface area contributed by atoms with Crippen molar-refractivity contribution in [2.24, 2.45) is 0 Å². The van der Waals surface area contributed by atoms with Crippen molar-refractivity contribution in [3.05, 3.63) is 34.9 Å². The number of carbonyl (C=O) groups is 1. The Hall–Kier alpha value is -1.06. The Kier molecular flexibility index (Phi) is 4.40. The lowest BCUT2D eigenvalue weighted by Gasteiger charge is -2.21. The van der Waals surface area contributed by atoms with Crippen molar-refractivity contribution in [1.29, 1.82) is 0 Å². The third-order valence-electron chi connectivity index (χ3n) is 2.89. The number of hydrogen-bond acceptors (Lipinski definition) is 3. The zero-order valence-electron chi connectivity index (χ0n) is 9.62. The topological polar surface area (TPSA) is 38.3 Å². The molecule has 4 heteroatoms. The lowest BCUT2D eigenvalue weighted by molar-refractivity contribution is -0.148. The summed E-state index contributed by atoms with van der Waals surface area (Å²) in [4.78, 5) is 11.7. The van der Waals surface area contributed by atoms with Crippen LogP contribution in [0, 0.1) is 0 Å². The highest BCUT2D eigenvalue weighted by molar-refractivity contribution is 6.30. The molecule has 1 atom stereocenters. The van der Waals surface area contributed by atoms with Crippen LogP contribution < -0.4 is 5.32 Å². The maximum absolute atomic E-state index is 11.7. The molecular weight excluding hydrogens is 238 g/mol. The SMILES string of the molecule is O=C(OCc1ccc(Cl)cc1)[C@@H]1CCCCN1. The zero-order chi connectivity index (χ0) is 12.1. The minimum absolute atomic E-state index is 0.129. The second-order valence-electron chi connectivity index (χ2n) is 4.24. The number of halogens is 1. The number of benzene rings is 1. The number of rotatable bonds is 3. The highest BCUT2D eigenvalue weighted by atomic mass is 35.5. The maximum atomic E-state index is 11.7. The second-order valence-corrected chi connectivity index (χ2v) is 4.67. The third-order valence-corrected chi connectivity index (χ3v) is 3.14. The molecule has 1 heterocycles. The minimum Gasteiger partial charge on any atom is -0.460 e. The van der Waals surface area contributed by atoms with Gasteiger partial charge >= 0.3 is 5.97 Å². The number of nitrogens with one attached hydrogen (secondary N) is 1. The third kappa shape index (κ3) is 3.72. The molecule has 0 spiro atoms. The van der Waals surface area contributed by atoms with Crippen LogP contribution in [0.2, 0.25) is 5.02 Å². The zero-order valence-corrected chi connectivity index (χ0v) is 10.4. The molecule has 92 valence electrons. The largest absolute Gasteiger partial charge is 0.460 e. The van der Waals surface area contributed by atoms with Crippen LogP contribution in [0.25, 0.3) is 0 Å². The summed E-state index contributed by atoms with van der Waals surface area (Å²) in [5.41, 5.74) is 0.957. The number of esters is 1. The Balaban J connectivity index is 1.81. The number of carbonyl (C=O) groups excluding carboxylic acids is 1. The van der Waals surface area contributed by atoms with E-state index in [-0.39, 0.29) is 12.0 Å². The van der Waals surface area contributed by atoms with Crippen molar-refractivity contribution < 1.29 is 9.53 Å². The first-order valence-corrected chi connectivity index (χ1v) is 6.28. The van der Waals surface area contributed by atoms with Crippen LogP contribution >= 0.6 is 11.6 Å². The molecule has 1 saturated heterocycles. The van der Waals surface area contributed by atoms with Crippen LogP contribution in [0.4, 0.5) is 0 Å². The molecule has 1 aliphatic rings. The number of piperidine rings is 1. The maximum Gasteiger partial charge on any atom is 0.323 e. The van der Waals surface area contributed by atoms with E-state index >= 15 is 0 Å². The van der Waals surface area contributed by atoms with Crippen molar-refractivity contribution in [3.63, 3.8) is 0 Å². The summed E-state index contributed by atoms with van der Waals surface area (Å²) in [6.45, 7) is 1.22. The average Bonchev–Trinajstić information content (AvgIpc) is 2.39. The molecule has 0 saturated carbocycles. The van der Waals surface area contributed by atoms with Gasteiger partial charge in [-0.1, -0.05) is 30.2 Å². The van der Waals surface area contributed by atoms with Gasteiger partial charge in [0.25, 0.3) is 0 Å². The Bertz CT molecular complexity index is 372. The van der Waals surface area contributed by atoms with E-state index < -0.39 is 0 Å². The molecule has 3 nitrogen and oxygen atoms in total. The quantitative estimate of drug-likeness (QED) is 0.842. The smallest absolute Gasteiger partial charge is 0.323 e. The first-order valence-electron chi connectivity index (χ1n) is 5.90. The monoisotopic (exact) mass is 253 g/mol. The van der Waals surface area contributed by atoms with Crippen LogP contribution in [-0.4, -0.2) is 18.6 Å². The molecule has 0 aliphatic carbocycles. The molecule has 2 rings (SSSR count). The molecule has 1 aliphatic heterocycles. The number of ether oxygens (including phenoxy) is 1. The van der Waals surface area contributed by atoms with E-state index in [0.717, 1.165) is 31.4 Å². The molecule has 1 aromatic carbocycles. The van der Waals surface area contributed by atoms with Gasteiger partial charge in [0.05, 0.1) is 0 Å². The lowest BCUT2D eigenvalue weighted by Crippen LogP contribution is -2.41. The van der Waals surface area contributed by atoms with Crippen molar-refractivity contribution in [1.82, 2.24) is 5.32 Å². The van der Waals surface area contributed by atoms with E-state index in [9.17, 15) is 4.79 Å². The van der Waals surface area contributed by atoms with E-state index in [1.54, 1.807) is 12.1 Å². The molecule has 1 aromatic rings. The Morgan fingerprint density at radius 3 is 2.76 bits per heavy atom. The predicted molar refractivity (Wildman–Crippen MR) is 66.9 cm³/mol. The normalized spacial score (nSPS) is 19.9. The summed E-state index contributed by atoms with van der Waals surface area (Å²) in [5.74, 6) is -0.153. The van der Waals surface area contributed by atoms with Gasteiger partial charge in [-0.25, -0.2) is 0 Å². The van der Waals surface area contributed by atoms with Crippen molar-refractivity contribution in [2.75, 3.05) is 6.54 Å². The lowest BCUT2D eigenvalue weighted by atomic mass is 10.1. The van der Waals surface area contributed by atoms with Gasteiger partial charge in [-0.05, 0) is 37.1 Å².